The Bertz CT molecular complexity index is 691. The topological polar surface area (TPSA) is 35.1 Å². The largest absolute Gasteiger partial charge is 0.275 e. The van der Waals surface area contributed by atoms with Gasteiger partial charge in [0.25, 0.3) is 0 Å². The van der Waals surface area contributed by atoms with Gasteiger partial charge in [-0.2, -0.15) is 10.2 Å². The first kappa shape index (κ1) is 11.0. The number of aryl methyl sites for hydroxylation is 1. The average molecular weight is 240 g/mol. The second-order valence-corrected chi connectivity index (χ2v) is 4.88. The lowest BCUT2D eigenvalue weighted by Gasteiger charge is -2.03. The highest BCUT2D eigenvalue weighted by Crippen LogP contribution is 2.23. The fourth-order valence-corrected chi connectivity index (χ4v) is 2.17. The molecule has 0 N–H and O–H groups in total. The second-order valence-electron chi connectivity index (χ2n) is 4.88. The third-order valence-electron chi connectivity index (χ3n) is 3.18. The van der Waals surface area contributed by atoms with Crippen LogP contribution in [0.2, 0.25) is 0 Å². The maximum Gasteiger partial charge on any atom is 0.0938 e. The van der Waals surface area contributed by atoms with Crippen LogP contribution in [0.1, 0.15) is 25.3 Å². The van der Waals surface area contributed by atoms with E-state index in [0.717, 1.165) is 11.3 Å². The van der Waals surface area contributed by atoms with Crippen molar-refractivity contribution in [3.63, 3.8) is 0 Å². The Balaban J connectivity index is 2.12. The first-order valence-electron chi connectivity index (χ1n) is 6.12. The van der Waals surface area contributed by atoms with Gasteiger partial charge >= 0.3 is 0 Å². The summed E-state index contributed by atoms with van der Waals surface area (Å²) in [6, 6.07) is 6.23. The number of hydrogen-bond acceptors (Lipinski definition) is 2. The van der Waals surface area contributed by atoms with Crippen molar-refractivity contribution < 1.29 is 0 Å². The molecule has 3 heterocycles. The number of pyridine rings is 1. The second kappa shape index (κ2) is 3.98. The lowest BCUT2D eigenvalue weighted by molar-refractivity contribution is 0.770. The van der Waals surface area contributed by atoms with Crippen molar-refractivity contribution in [2.75, 3.05) is 0 Å². The zero-order valence-corrected chi connectivity index (χ0v) is 10.8. The van der Waals surface area contributed by atoms with E-state index in [-0.39, 0.29) is 0 Å². The molecule has 0 aliphatic rings. The smallest absolute Gasteiger partial charge is 0.0938 e. The van der Waals surface area contributed by atoms with Gasteiger partial charge < -0.3 is 0 Å². The summed E-state index contributed by atoms with van der Waals surface area (Å²) in [6.45, 7) is 4.37. The summed E-state index contributed by atoms with van der Waals surface area (Å²) in [6.07, 6.45) is 5.92. The number of aromatic nitrogens is 4. The van der Waals surface area contributed by atoms with Crippen LogP contribution < -0.4 is 0 Å². The van der Waals surface area contributed by atoms with Crippen LogP contribution in [0.4, 0.5) is 0 Å². The van der Waals surface area contributed by atoms with E-state index in [1.54, 1.807) is 0 Å². The molecular formula is C14H16N4. The van der Waals surface area contributed by atoms with Gasteiger partial charge in [0.15, 0.2) is 0 Å². The molecule has 3 aromatic heterocycles. The summed E-state index contributed by atoms with van der Waals surface area (Å²) in [4.78, 5) is 0. The molecule has 0 atom stereocenters. The van der Waals surface area contributed by atoms with Crippen LogP contribution in [0, 0.1) is 0 Å². The van der Waals surface area contributed by atoms with Gasteiger partial charge in [-0.3, -0.25) is 4.68 Å². The standard InChI is InChI=1S/C14H16N4/c1-10(2)12-8-15-18-9-11(4-5-14(12)18)13-6-7-17(3)16-13/h4-10H,1-3H3. The van der Waals surface area contributed by atoms with E-state index >= 15 is 0 Å². The minimum atomic E-state index is 0.489. The van der Waals surface area contributed by atoms with Crippen molar-refractivity contribution in [2.45, 2.75) is 19.8 Å². The highest BCUT2D eigenvalue weighted by molar-refractivity contribution is 5.64. The monoisotopic (exact) mass is 240 g/mol. The highest BCUT2D eigenvalue weighted by atomic mass is 15.3. The average Bonchev–Trinajstić information content (AvgIpc) is 2.93. The first-order chi connectivity index (χ1) is 8.65. The first-order valence-corrected chi connectivity index (χ1v) is 6.12. The van der Waals surface area contributed by atoms with Crippen molar-refractivity contribution in [3.8, 4) is 11.3 Å². The molecule has 4 nitrogen and oxygen atoms in total. The highest BCUT2D eigenvalue weighted by Gasteiger charge is 2.09. The molecular weight excluding hydrogens is 224 g/mol. The van der Waals surface area contributed by atoms with E-state index in [2.05, 4.69) is 36.2 Å². The Kier molecular flexibility index (Phi) is 2.44. The fraction of sp³-hybridized carbons (Fsp3) is 0.286. The molecule has 0 aromatic carbocycles. The zero-order chi connectivity index (χ0) is 12.7. The lowest BCUT2D eigenvalue weighted by Crippen LogP contribution is -1.92. The van der Waals surface area contributed by atoms with Crippen LogP contribution in [0.5, 0.6) is 0 Å². The molecule has 0 saturated carbocycles. The molecule has 18 heavy (non-hydrogen) atoms. The van der Waals surface area contributed by atoms with E-state index in [4.69, 9.17) is 0 Å². The summed E-state index contributed by atoms with van der Waals surface area (Å²) in [5.74, 6) is 0.489. The molecule has 0 fully saturated rings. The summed E-state index contributed by atoms with van der Waals surface area (Å²) in [5.41, 5.74) is 4.51. The molecule has 4 heteroatoms. The van der Waals surface area contributed by atoms with Crippen LogP contribution >= 0.6 is 0 Å². The van der Waals surface area contributed by atoms with Gasteiger partial charge in [-0.15, -0.1) is 0 Å². The Hall–Kier alpha value is -2.10. The van der Waals surface area contributed by atoms with Gasteiger partial charge in [0.05, 0.1) is 17.4 Å². The molecule has 0 amide bonds. The molecule has 0 spiro atoms. The SMILES string of the molecule is CC(C)c1cnn2cc(-c3ccn(C)n3)ccc12. The predicted molar refractivity (Wildman–Crippen MR) is 71.5 cm³/mol. The number of fused-ring (bicyclic) bond motifs is 1. The summed E-state index contributed by atoms with van der Waals surface area (Å²) < 4.78 is 3.74. The van der Waals surface area contributed by atoms with Gasteiger partial charge in [0.1, 0.15) is 0 Å². The molecule has 0 bridgehead atoms. The lowest BCUT2D eigenvalue weighted by atomic mass is 10.1. The van der Waals surface area contributed by atoms with Crippen LogP contribution in [0.25, 0.3) is 16.8 Å². The van der Waals surface area contributed by atoms with Crippen molar-refractivity contribution in [3.05, 3.63) is 42.4 Å². The summed E-state index contributed by atoms with van der Waals surface area (Å²) in [5, 5.41) is 8.82. The van der Waals surface area contributed by atoms with Gasteiger partial charge in [0, 0.05) is 30.6 Å². The van der Waals surface area contributed by atoms with Crippen molar-refractivity contribution >= 4 is 5.52 Å². The molecule has 0 unspecified atom stereocenters. The zero-order valence-electron chi connectivity index (χ0n) is 10.8. The van der Waals surface area contributed by atoms with Gasteiger partial charge in [-0.1, -0.05) is 13.8 Å². The van der Waals surface area contributed by atoms with Gasteiger partial charge in [-0.05, 0) is 24.1 Å². The number of hydrogen-bond donors (Lipinski definition) is 0. The predicted octanol–water partition coefficient (Wildman–Crippen LogP) is 2.86. The Morgan fingerprint density at radius 3 is 2.67 bits per heavy atom. The summed E-state index contributed by atoms with van der Waals surface area (Å²) in [7, 11) is 1.92. The van der Waals surface area contributed by atoms with Gasteiger partial charge in [0.2, 0.25) is 0 Å². The molecule has 3 aromatic rings. The molecule has 0 aliphatic carbocycles. The number of nitrogens with zero attached hydrogens (tertiary/aromatic N) is 4. The van der Waals surface area contributed by atoms with Crippen LogP contribution in [0.3, 0.4) is 0 Å². The van der Waals surface area contributed by atoms with Crippen LogP contribution in [0.15, 0.2) is 36.8 Å². The van der Waals surface area contributed by atoms with E-state index in [9.17, 15) is 0 Å². The van der Waals surface area contributed by atoms with Crippen molar-refractivity contribution in [2.24, 2.45) is 7.05 Å². The van der Waals surface area contributed by atoms with E-state index < -0.39 is 0 Å². The van der Waals surface area contributed by atoms with Gasteiger partial charge in [-0.25, -0.2) is 4.52 Å². The minimum absolute atomic E-state index is 0.489. The van der Waals surface area contributed by atoms with E-state index in [1.807, 2.05) is 40.9 Å². The Labute approximate surface area is 106 Å². The van der Waals surface area contributed by atoms with Crippen molar-refractivity contribution in [1.29, 1.82) is 0 Å². The van der Waals surface area contributed by atoms with Crippen LogP contribution in [-0.4, -0.2) is 19.4 Å². The Morgan fingerprint density at radius 2 is 2.00 bits per heavy atom. The number of rotatable bonds is 2. The normalized spacial score (nSPS) is 11.6. The minimum Gasteiger partial charge on any atom is -0.275 e. The quantitative estimate of drug-likeness (QED) is 0.690. The summed E-state index contributed by atoms with van der Waals surface area (Å²) >= 11 is 0. The molecule has 92 valence electrons. The van der Waals surface area contributed by atoms with E-state index in [1.165, 1.54) is 11.1 Å². The molecule has 0 saturated heterocycles. The van der Waals surface area contributed by atoms with Crippen molar-refractivity contribution in [1.82, 2.24) is 19.4 Å². The fourth-order valence-electron chi connectivity index (χ4n) is 2.17. The maximum atomic E-state index is 4.41. The maximum absolute atomic E-state index is 4.41. The molecule has 0 aliphatic heterocycles. The molecule has 0 radical (unpaired) electrons. The third kappa shape index (κ3) is 1.70. The molecule has 3 rings (SSSR count). The van der Waals surface area contributed by atoms with Crippen LogP contribution in [-0.2, 0) is 7.05 Å². The Morgan fingerprint density at radius 1 is 1.17 bits per heavy atom. The van der Waals surface area contributed by atoms with E-state index in [0.29, 0.717) is 5.92 Å². The third-order valence-corrected chi connectivity index (χ3v) is 3.18.